The molecule has 2 aliphatic rings. The summed E-state index contributed by atoms with van der Waals surface area (Å²) in [5, 5.41) is 3.95. The van der Waals surface area contributed by atoms with E-state index in [1.165, 1.54) is 0 Å². The first kappa shape index (κ1) is 19.5. The van der Waals surface area contributed by atoms with E-state index >= 15 is 0 Å². The van der Waals surface area contributed by atoms with E-state index in [0.717, 1.165) is 37.1 Å². The van der Waals surface area contributed by atoms with Gasteiger partial charge in [0.2, 0.25) is 10.0 Å². The van der Waals surface area contributed by atoms with Gasteiger partial charge in [-0.05, 0) is 56.1 Å². The summed E-state index contributed by atoms with van der Waals surface area (Å²) >= 11 is 5.46. The summed E-state index contributed by atoms with van der Waals surface area (Å²) in [6.07, 6.45) is 2.41. The van der Waals surface area contributed by atoms with Crippen LogP contribution in [-0.4, -0.2) is 68.2 Å². The molecule has 0 spiro atoms. The van der Waals surface area contributed by atoms with E-state index in [-0.39, 0.29) is 6.10 Å². The lowest BCUT2D eigenvalue weighted by molar-refractivity contribution is 0.113. The van der Waals surface area contributed by atoms with Crippen LogP contribution in [0.3, 0.4) is 0 Å². The fourth-order valence-corrected chi connectivity index (χ4v) is 5.37. The summed E-state index contributed by atoms with van der Waals surface area (Å²) in [6, 6.07) is 5.55. The quantitative estimate of drug-likeness (QED) is 0.780. The van der Waals surface area contributed by atoms with Crippen molar-refractivity contribution >= 4 is 27.4 Å². The van der Waals surface area contributed by atoms with Crippen LogP contribution in [-0.2, 0) is 14.8 Å². The first-order valence-electron chi connectivity index (χ1n) is 9.10. The Balaban J connectivity index is 1.57. The lowest BCUT2D eigenvalue weighted by Crippen LogP contribution is -2.53. The maximum atomic E-state index is 13.0. The van der Waals surface area contributed by atoms with Gasteiger partial charge in [0, 0.05) is 39.3 Å². The van der Waals surface area contributed by atoms with Crippen LogP contribution >= 0.6 is 12.2 Å². The first-order valence-corrected chi connectivity index (χ1v) is 10.9. The van der Waals surface area contributed by atoms with E-state index in [1.54, 1.807) is 10.4 Å². The molecule has 0 saturated carbocycles. The van der Waals surface area contributed by atoms with Gasteiger partial charge in [0.15, 0.2) is 5.11 Å². The van der Waals surface area contributed by atoms with Crippen molar-refractivity contribution in [2.24, 2.45) is 0 Å². The molecule has 1 aromatic rings. The van der Waals surface area contributed by atoms with Crippen molar-refractivity contribution in [1.82, 2.24) is 14.5 Å². The van der Waals surface area contributed by atoms with Crippen LogP contribution in [0.4, 0.5) is 0 Å². The monoisotopic (exact) mass is 397 g/mol. The van der Waals surface area contributed by atoms with Crippen molar-refractivity contribution in [3.63, 3.8) is 0 Å². The molecule has 2 saturated heterocycles. The highest BCUT2D eigenvalue weighted by Gasteiger charge is 2.30. The molecule has 0 radical (unpaired) electrons. The van der Waals surface area contributed by atoms with Crippen LogP contribution in [0.15, 0.2) is 23.1 Å². The van der Waals surface area contributed by atoms with Crippen LogP contribution in [0.1, 0.15) is 24.0 Å². The molecule has 1 atom stereocenters. The second kappa shape index (κ2) is 8.21. The van der Waals surface area contributed by atoms with Gasteiger partial charge in [-0.25, -0.2) is 8.42 Å². The molecule has 0 aliphatic carbocycles. The molecule has 0 bridgehead atoms. The summed E-state index contributed by atoms with van der Waals surface area (Å²) < 4.78 is 33.1. The third kappa shape index (κ3) is 4.36. The Kier molecular flexibility index (Phi) is 6.17. The van der Waals surface area contributed by atoms with E-state index in [0.29, 0.717) is 36.2 Å². The molecule has 3 rings (SSSR count). The molecule has 26 heavy (non-hydrogen) atoms. The Hall–Kier alpha value is -1.22. The van der Waals surface area contributed by atoms with Crippen molar-refractivity contribution < 1.29 is 13.2 Å². The van der Waals surface area contributed by atoms with Crippen LogP contribution in [0, 0.1) is 13.8 Å². The van der Waals surface area contributed by atoms with Crippen LogP contribution < -0.4 is 5.32 Å². The Labute approximate surface area is 161 Å². The smallest absolute Gasteiger partial charge is 0.243 e. The highest BCUT2D eigenvalue weighted by molar-refractivity contribution is 7.89. The second-order valence-corrected chi connectivity index (χ2v) is 9.27. The largest absolute Gasteiger partial charge is 0.376 e. The average molecular weight is 398 g/mol. The molecular formula is C18H27N3O3S2. The molecule has 1 N–H and O–H groups in total. The van der Waals surface area contributed by atoms with Gasteiger partial charge < -0.3 is 15.0 Å². The maximum absolute atomic E-state index is 13.0. The topological polar surface area (TPSA) is 61.9 Å². The minimum atomic E-state index is -3.47. The number of nitrogens with one attached hydrogen (secondary N) is 1. The molecule has 1 aromatic carbocycles. The van der Waals surface area contributed by atoms with E-state index in [1.807, 2.05) is 30.9 Å². The SMILES string of the molecule is Cc1ccc(C)c(S(=O)(=O)N2CCN(C(=S)NC[C@@H]3CCCO3)CC2)c1. The minimum absolute atomic E-state index is 0.235. The fourth-order valence-electron chi connectivity index (χ4n) is 3.37. The van der Waals surface area contributed by atoms with Crippen molar-refractivity contribution in [1.29, 1.82) is 0 Å². The Bertz CT molecular complexity index is 753. The van der Waals surface area contributed by atoms with Gasteiger partial charge in [0.25, 0.3) is 0 Å². The van der Waals surface area contributed by atoms with E-state index in [9.17, 15) is 8.42 Å². The number of aryl methyl sites for hydroxylation is 2. The number of ether oxygens (including phenoxy) is 1. The predicted octanol–water partition coefficient (Wildman–Crippen LogP) is 1.66. The van der Waals surface area contributed by atoms with Gasteiger partial charge in [-0.15, -0.1) is 0 Å². The summed E-state index contributed by atoms with van der Waals surface area (Å²) in [4.78, 5) is 2.45. The third-order valence-corrected chi connectivity index (χ3v) is 7.44. The van der Waals surface area contributed by atoms with Gasteiger partial charge in [-0.3, -0.25) is 0 Å². The Morgan fingerprint density at radius 2 is 2.00 bits per heavy atom. The van der Waals surface area contributed by atoms with Crippen molar-refractivity contribution in [2.45, 2.75) is 37.7 Å². The zero-order valence-electron chi connectivity index (χ0n) is 15.4. The fraction of sp³-hybridized carbons (Fsp3) is 0.611. The molecule has 0 unspecified atom stereocenters. The van der Waals surface area contributed by atoms with Gasteiger partial charge in [0.1, 0.15) is 0 Å². The van der Waals surface area contributed by atoms with Crippen molar-refractivity contribution in [3.05, 3.63) is 29.3 Å². The second-order valence-electron chi connectivity index (χ2n) is 6.98. The molecular weight excluding hydrogens is 370 g/mol. The zero-order valence-corrected chi connectivity index (χ0v) is 17.0. The number of nitrogens with zero attached hydrogens (tertiary/aromatic N) is 2. The first-order chi connectivity index (χ1) is 12.4. The molecule has 0 aromatic heterocycles. The molecule has 2 aliphatic heterocycles. The number of piperazine rings is 1. The summed E-state index contributed by atoms with van der Waals surface area (Å²) in [5.74, 6) is 0. The van der Waals surface area contributed by atoms with Gasteiger partial charge in [0.05, 0.1) is 11.0 Å². The number of hydrogen-bond acceptors (Lipinski definition) is 4. The number of sulfonamides is 1. The minimum Gasteiger partial charge on any atom is -0.376 e. The zero-order chi connectivity index (χ0) is 18.7. The molecule has 2 heterocycles. The number of thiocarbonyl (C=S) groups is 1. The third-order valence-electron chi connectivity index (χ3n) is 4.99. The summed E-state index contributed by atoms with van der Waals surface area (Å²) in [7, 11) is -3.47. The highest BCUT2D eigenvalue weighted by Crippen LogP contribution is 2.22. The molecule has 8 heteroatoms. The van der Waals surface area contributed by atoms with Crippen LogP contribution in [0.5, 0.6) is 0 Å². The highest BCUT2D eigenvalue weighted by atomic mass is 32.2. The van der Waals surface area contributed by atoms with Gasteiger partial charge in [-0.2, -0.15) is 4.31 Å². The molecule has 0 amide bonds. The lowest BCUT2D eigenvalue weighted by Gasteiger charge is -2.36. The maximum Gasteiger partial charge on any atom is 0.243 e. The Morgan fingerprint density at radius 1 is 1.27 bits per heavy atom. The summed E-state index contributed by atoms with van der Waals surface area (Å²) in [6.45, 7) is 7.38. The Morgan fingerprint density at radius 3 is 2.65 bits per heavy atom. The van der Waals surface area contributed by atoms with Crippen LogP contribution in [0.25, 0.3) is 0 Å². The standard InChI is InChI=1S/C18H27N3O3S2/c1-14-5-6-15(2)17(12-14)26(22,23)21-9-7-20(8-10-21)18(25)19-13-16-4-3-11-24-16/h5-6,12,16H,3-4,7-11,13H2,1-2H3,(H,19,25)/t16-/m0/s1. The van der Waals surface area contributed by atoms with E-state index in [4.69, 9.17) is 17.0 Å². The van der Waals surface area contributed by atoms with Crippen LogP contribution in [0.2, 0.25) is 0 Å². The van der Waals surface area contributed by atoms with Gasteiger partial charge >= 0.3 is 0 Å². The van der Waals surface area contributed by atoms with Crippen molar-refractivity contribution in [2.75, 3.05) is 39.3 Å². The lowest BCUT2D eigenvalue weighted by atomic mass is 10.2. The molecule has 6 nitrogen and oxygen atoms in total. The number of rotatable bonds is 4. The average Bonchev–Trinajstić information content (AvgIpc) is 3.15. The van der Waals surface area contributed by atoms with E-state index < -0.39 is 10.0 Å². The number of benzene rings is 1. The summed E-state index contributed by atoms with van der Waals surface area (Å²) in [5.41, 5.74) is 1.74. The predicted molar refractivity (Wildman–Crippen MR) is 106 cm³/mol. The van der Waals surface area contributed by atoms with Crippen molar-refractivity contribution in [3.8, 4) is 0 Å². The van der Waals surface area contributed by atoms with Gasteiger partial charge in [-0.1, -0.05) is 12.1 Å². The van der Waals surface area contributed by atoms with E-state index in [2.05, 4.69) is 5.32 Å². The number of hydrogen-bond donors (Lipinski definition) is 1. The molecule has 2 fully saturated rings. The molecule has 144 valence electrons. The normalized spacial score (nSPS) is 21.8.